The predicted octanol–water partition coefficient (Wildman–Crippen LogP) is 0.699. The maximum absolute atomic E-state index is 9.22. The number of aliphatic hydroxyl groups excluding tert-OH is 2. The highest BCUT2D eigenvalue weighted by molar-refractivity contribution is 5.30. The zero-order valence-corrected chi connectivity index (χ0v) is 9.68. The van der Waals surface area contributed by atoms with E-state index in [0.29, 0.717) is 6.54 Å². The smallest absolute Gasteiger partial charge is 0.119 e. The summed E-state index contributed by atoms with van der Waals surface area (Å²) in [6.07, 6.45) is -0.715. The van der Waals surface area contributed by atoms with Crippen molar-refractivity contribution < 1.29 is 14.9 Å². The largest absolute Gasteiger partial charge is 0.497 e. The van der Waals surface area contributed by atoms with Crippen LogP contribution in [0.15, 0.2) is 24.3 Å². The topological polar surface area (TPSA) is 61.7 Å². The van der Waals surface area contributed by atoms with Gasteiger partial charge >= 0.3 is 0 Å². The Kier molecular flexibility index (Phi) is 5.25. The Labute approximate surface area is 95.9 Å². The Bertz CT molecular complexity index is 317. The van der Waals surface area contributed by atoms with Gasteiger partial charge in [0, 0.05) is 12.6 Å². The van der Waals surface area contributed by atoms with Gasteiger partial charge in [-0.15, -0.1) is 0 Å². The predicted molar refractivity (Wildman–Crippen MR) is 62.5 cm³/mol. The highest BCUT2D eigenvalue weighted by atomic mass is 16.5. The molecule has 0 radical (unpaired) electrons. The minimum absolute atomic E-state index is 0.108. The van der Waals surface area contributed by atoms with E-state index in [9.17, 15) is 5.11 Å². The van der Waals surface area contributed by atoms with Gasteiger partial charge in [-0.1, -0.05) is 12.1 Å². The molecule has 0 aliphatic rings. The molecule has 4 heteroatoms. The molecule has 0 heterocycles. The van der Waals surface area contributed by atoms with E-state index in [4.69, 9.17) is 9.84 Å². The molecular formula is C12H19NO3. The third-order valence-electron chi connectivity index (χ3n) is 2.46. The normalized spacial score (nSPS) is 14.5. The van der Waals surface area contributed by atoms with E-state index in [1.54, 1.807) is 7.11 Å². The van der Waals surface area contributed by atoms with Crippen molar-refractivity contribution >= 4 is 0 Å². The van der Waals surface area contributed by atoms with Gasteiger partial charge in [0.1, 0.15) is 5.75 Å². The van der Waals surface area contributed by atoms with Gasteiger partial charge in [0.25, 0.3) is 0 Å². The molecule has 0 fully saturated rings. The van der Waals surface area contributed by atoms with E-state index in [2.05, 4.69) is 5.32 Å². The van der Waals surface area contributed by atoms with E-state index in [1.807, 2.05) is 31.2 Å². The van der Waals surface area contributed by atoms with Crippen LogP contribution in [0.2, 0.25) is 0 Å². The first kappa shape index (κ1) is 13.0. The maximum Gasteiger partial charge on any atom is 0.119 e. The molecule has 0 aliphatic heterocycles. The monoisotopic (exact) mass is 225 g/mol. The fourth-order valence-electron chi connectivity index (χ4n) is 1.41. The molecule has 0 aliphatic carbocycles. The van der Waals surface area contributed by atoms with Crippen LogP contribution in [0.5, 0.6) is 5.75 Å². The van der Waals surface area contributed by atoms with Gasteiger partial charge < -0.3 is 20.3 Å². The van der Waals surface area contributed by atoms with Gasteiger partial charge in [-0.2, -0.15) is 0 Å². The van der Waals surface area contributed by atoms with Crippen molar-refractivity contribution in [1.29, 1.82) is 0 Å². The fraction of sp³-hybridized carbons (Fsp3) is 0.500. The Balaban J connectivity index is 2.54. The van der Waals surface area contributed by atoms with E-state index in [-0.39, 0.29) is 12.6 Å². The molecule has 0 aromatic heterocycles. The molecule has 1 aromatic rings. The molecule has 2 atom stereocenters. The summed E-state index contributed by atoms with van der Waals surface area (Å²) < 4.78 is 5.13. The average Bonchev–Trinajstić information content (AvgIpc) is 2.35. The highest BCUT2D eigenvalue weighted by Gasteiger charge is 2.08. The Morgan fingerprint density at radius 2 is 2.19 bits per heavy atom. The number of methoxy groups -OCH3 is 1. The van der Waals surface area contributed by atoms with Crippen LogP contribution < -0.4 is 10.1 Å². The molecule has 1 rings (SSSR count). The summed E-state index contributed by atoms with van der Waals surface area (Å²) >= 11 is 0. The van der Waals surface area contributed by atoms with Crippen molar-refractivity contribution in [3.8, 4) is 5.75 Å². The minimum atomic E-state index is -0.715. The number of aliphatic hydroxyl groups is 2. The fourth-order valence-corrected chi connectivity index (χ4v) is 1.41. The lowest BCUT2D eigenvalue weighted by Gasteiger charge is -2.16. The maximum atomic E-state index is 9.22. The Morgan fingerprint density at radius 3 is 2.81 bits per heavy atom. The van der Waals surface area contributed by atoms with Crippen LogP contribution in [0.4, 0.5) is 0 Å². The third-order valence-corrected chi connectivity index (χ3v) is 2.46. The first-order valence-electron chi connectivity index (χ1n) is 5.33. The van der Waals surface area contributed by atoms with E-state index >= 15 is 0 Å². The average molecular weight is 225 g/mol. The van der Waals surface area contributed by atoms with Crippen LogP contribution in [0.25, 0.3) is 0 Å². The van der Waals surface area contributed by atoms with Gasteiger partial charge in [-0.25, -0.2) is 0 Å². The molecule has 90 valence electrons. The van der Waals surface area contributed by atoms with Gasteiger partial charge in [-0.05, 0) is 24.6 Å². The first-order valence-corrected chi connectivity index (χ1v) is 5.33. The lowest BCUT2D eigenvalue weighted by molar-refractivity contribution is 0.0924. The standard InChI is InChI=1S/C12H19NO3/c1-9(13-7-11(15)8-14)10-4-3-5-12(6-10)16-2/h3-6,9,11,13-15H,7-8H2,1-2H3/t9-,11?/m1/s1. The minimum Gasteiger partial charge on any atom is -0.497 e. The molecule has 0 amide bonds. The van der Waals surface area contributed by atoms with Gasteiger partial charge in [0.2, 0.25) is 0 Å². The molecule has 1 aromatic carbocycles. The van der Waals surface area contributed by atoms with Crippen molar-refractivity contribution in [2.45, 2.75) is 19.1 Å². The van der Waals surface area contributed by atoms with Crippen LogP contribution in [-0.4, -0.2) is 36.6 Å². The summed E-state index contributed by atoms with van der Waals surface area (Å²) in [5, 5.41) is 21.0. The zero-order valence-electron chi connectivity index (χ0n) is 9.68. The first-order chi connectivity index (χ1) is 7.67. The molecule has 0 saturated carbocycles. The Morgan fingerprint density at radius 1 is 1.44 bits per heavy atom. The van der Waals surface area contributed by atoms with Gasteiger partial charge in [0.15, 0.2) is 0 Å². The molecular weight excluding hydrogens is 206 g/mol. The zero-order chi connectivity index (χ0) is 12.0. The van der Waals surface area contributed by atoms with Crippen molar-refractivity contribution in [1.82, 2.24) is 5.32 Å². The lowest BCUT2D eigenvalue weighted by Crippen LogP contribution is -2.31. The number of rotatable bonds is 6. The van der Waals surface area contributed by atoms with Crippen LogP contribution in [0.3, 0.4) is 0 Å². The summed E-state index contributed by atoms with van der Waals surface area (Å²) in [6.45, 7) is 2.14. The SMILES string of the molecule is COc1cccc([C@@H](C)NCC(O)CO)c1. The number of hydrogen-bond acceptors (Lipinski definition) is 4. The summed E-state index contributed by atoms with van der Waals surface area (Å²) in [7, 11) is 1.63. The molecule has 1 unspecified atom stereocenters. The summed E-state index contributed by atoms with van der Waals surface area (Å²) in [5.41, 5.74) is 1.09. The summed E-state index contributed by atoms with van der Waals surface area (Å²) in [5.74, 6) is 0.814. The summed E-state index contributed by atoms with van der Waals surface area (Å²) in [4.78, 5) is 0. The van der Waals surface area contributed by atoms with Gasteiger partial charge in [0.05, 0.1) is 19.8 Å². The molecule has 0 spiro atoms. The molecule has 4 nitrogen and oxygen atoms in total. The number of nitrogens with one attached hydrogen (secondary N) is 1. The van der Waals surface area contributed by atoms with Crippen LogP contribution in [0, 0.1) is 0 Å². The number of hydrogen-bond donors (Lipinski definition) is 3. The van der Waals surface area contributed by atoms with Crippen molar-refractivity contribution in [2.75, 3.05) is 20.3 Å². The van der Waals surface area contributed by atoms with Crippen molar-refractivity contribution in [3.63, 3.8) is 0 Å². The second-order valence-electron chi connectivity index (χ2n) is 3.74. The molecule has 0 bridgehead atoms. The van der Waals surface area contributed by atoms with E-state index in [1.165, 1.54) is 0 Å². The van der Waals surface area contributed by atoms with Crippen molar-refractivity contribution in [2.24, 2.45) is 0 Å². The Hall–Kier alpha value is -1.10. The number of ether oxygens (including phenoxy) is 1. The van der Waals surface area contributed by atoms with E-state index < -0.39 is 6.10 Å². The van der Waals surface area contributed by atoms with Gasteiger partial charge in [-0.3, -0.25) is 0 Å². The van der Waals surface area contributed by atoms with E-state index in [0.717, 1.165) is 11.3 Å². The van der Waals surface area contributed by atoms with Crippen molar-refractivity contribution in [3.05, 3.63) is 29.8 Å². The van der Waals surface area contributed by atoms with Crippen LogP contribution >= 0.6 is 0 Å². The quantitative estimate of drug-likeness (QED) is 0.667. The molecule has 0 saturated heterocycles. The second-order valence-corrected chi connectivity index (χ2v) is 3.74. The molecule has 16 heavy (non-hydrogen) atoms. The van der Waals surface area contributed by atoms with Crippen LogP contribution in [-0.2, 0) is 0 Å². The lowest BCUT2D eigenvalue weighted by atomic mass is 10.1. The summed E-state index contributed by atoms with van der Waals surface area (Å²) in [6, 6.07) is 7.86. The third kappa shape index (κ3) is 3.81. The highest BCUT2D eigenvalue weighted by Crippen LogP contribution is 2.18. The van der Waals surface area contributed by atoms with Crippen LogP contribution in [0.1, 0.15) is 18.5 Å². The number of benzene rings is 1. The second kappa shape index (κ2) is 6.48. The molecule has 3 N–H and O–H groups in total.